The maximum atomic E-state index is 13.9. The average molecular weight is 316 g/mol. The van der Waals surface area contributed by atoms with Gasteiger partial charge >= 0.3 is 0 Å². The van der Waals surface area contributed by atoms with Gasteiger partial charge in [0.05, 0.1) is 10.5 Å². The van der Waals surface area contributed by atoms with E-state index >= 15 is 0 Å². The minimum atomic E-state index is -3.99. The zero-order valence-corrected chi connectivity index (χ0v) is 13.3. The quantitative estimate of drug-likeness (QED) is 0.843. The number of rotatable bonds is 6. The summed E-state index contributed by atoms with van der Waals surface area (Å²) in [4.78, 5) is 11.8. The van der Waals surface area contributed by atoms with E-state index in [1.54, 1.807) is 0 Å². The molecule has 1 amide bonds. The SMILES string of the molecule is CCC(CC)(CC)NC(=O)c1ccc(S(N)(=O)=O)cc1F. The monoisotopic (exact) mass is 316 g/mol. The highest BCUT2D eigenvalue weighted by Crippen LogP contribution is 2.21. The third-order valence-corrected chi connectivity index (χ3v) is 4.83. The smallest absolute Gasteiger partial charge is 0.254 e. The Balaban J connectivity index is 3.09. The fourth-order valence-electron chi connectivity index (χ4n) is 2.18. The number of carbonyl (C=O) groups is 1. The molecule has 0 unspecified atom stereocenters. The lowest BCUT2D eigenvalue weighted by molar-refractivity contribution is 0.0884. The van der Waals surface area contributed by atoms with Crippen molar-refractivity contribution in [3.05, 3.63) is 29.6 Å². The first-order chi connectivity index (χ1) is 9.69. The number of amides is 1. The van der Waals surface area contributed by atoms with Crippen LogP contribution in [0.5, 0.6) is 0 Å². The molecule has 0 spiro atoms. The summed E-state index contributed by atoms with van der Waals surface area (Å²) in [6, 6.07) is 3.02. The zero-order chi connectivity index (χ0) is 16.3. The van der Waals surface area contributed by atoms with Crippen molar-refractivity contribution in [2.45, 2.75) is 50.5 Å². The molecule has 0 aliphatic rings. The van der Waals surface area contributed by atoms with Gasteiger partial charge in [0.1, 0.15) is 5.82 Å². The Morgan fingerprint density at radius 3 is 2.14 bits per heavy atom. The van der Waals surface area contributed by atoms with Crippen molar-refractivity contribution >= 4 is 15.9 Å². The fourth-order valence-corrected chi connectivity index (χ4v) is 2.71. The average Bonchev–Trinajstić information content (AvgIpc) is 2.43. The van der Waals surface area contributed by atoms with Gasteiger partial charge in [-0.15, -0.1) is 0 Å². The molecule has 21 heavy (non-hydrogen) atoms. The van der Waals surface area contributed by atoms with Gasteiger partial charge in [-0.25, -0.2) is 17.9 Å². The molecule has 118 valence electrons. The number of carbonyl (C=O) groups excluding carboxylic acids is 1. The summed E-state index contributed by atoms with van der Waals surface area (Å²) in [6.07, 6.45) is 2.17. The molecule has 0 bridgehead atoms. The van der Waals surface area contributed by atoms with Crippen LogP contribution in [-0.2, 0) is 10.0 Å². The van der Waals surface area contributed by atoms with Crippen LogP contribution in [0.3, 0.4) is 0 Å². The van der Waals surface area contributed by atoms with Gasteiger partial charge in [-0.05, 0) is 37.5 Å². The van der Waals surface area contributed by atoms with Crippen molar-refractivity contribution in [3.8, 4) is 0 Å². The van der Waals surface area contributed by atoms with Crippen molar-refractivity contribution in [2.24, 2.45) is 5.14 Å². The van der Waals surface area contributed by atoms with Crippen molar-refractivity contribution in [1.82, 2.24) is 5.32 Å². The van der Waals surface area contributed by atoms with Gasteiger partial charge in [0.25, 0.3) is 5.91 Å². The molecule has 0 atom stereocenters. The first-order valence-corrected chi connectivity index (χ1v) is 8.38. The van der Waals surface area contributed by atoms with Crippen LogP contribution in [0.1, 0.15) is 50.4 Å². The highest BCUT2D eigenvalue weighted by molar-refractivity contribution is 7.89. The van der Waals surface area contributed by atoms with E-state index < -0.39 is 21.7 Å². The van der Waals surface area contributed by atoms with Crippen LogP contribution in [0.4, 0.5) is 4.39 Å². The van der Waals surface area contributed by atoms with Crippen LogP contribution >= 0.6 is 0 Å². The van der Waals surface area contributed by atoms with E-state index in [1.807, 2.05) is 20.8 Å². The highest BCUT2D eigenvalue weighted by atomic mass is 32.2. The van der Waals surface area contributed by atoms with E-state index in [0.29, 0.717) is 0 Å². The zero-order valence-electron chi connectivity index (χ0n) is 12.4. The molecule has 0 heterocycles. The predicted octanol–water partition coefficient (Wildman–Crippen LogP) is 2.17. The first kappa shape index (κ1) is 17.6. The number of hydrogen-bond acceptors (Lipinski definition) is 3. The summed E-state index contributed by atoms with van der Waals surface area (Å²) >= 11 is 0. The Kier molecular flexibility index (Phi) is 5.47. The van der Waals surface area contributed by atoms with Gasteiger partial charge in [-0.3, -0.25) is 4.79 Å². The van der Waals surface area contributed by atoms with E-state index in [-0.39, 0.29) is 16.0 Å². The van der Waals surface area contributed by atoms with Crippen LogP contribution in [0.25, 0.3) is 0 Å². The lowest BCUT2D eigenvalue weighted by Gasteiger charge is -2.31. The lowest BCUT2D eigenvalue weighted by atomic mass is 9.89. The fraction of sp³-hybridized carbons (Fsp3) is 0.500. The third kappa shape index (κ3) is 4.01. The molecule has 1 aromatic carbocycles. The molecular formula is C14H21FN2O3S. The third-order valence-electron chi connectivity index (χ3n) is 3.92. The van der Waals surface area contributed by atoms with E-state index in [1.165, 1.54) is 0 Å². The number of nitrogens with two attached hydrogens (primary N) is 1. The molecule has 7 heteroatoms. The maximum Gasteiger partial charge on any atom is 0.254 e. The van der Waals surface area contributed by atoms with Crippen LogP contribution < -0.4 is 10.5 Å². The van der Waals surface area contributed by atoms with Crippen LogP contribution in [0.2, 0.25) is 0 Å². The van der Waals surface area contributed by atoms with Gasteiger partial charge in [0.15, 0.2) is 0 Å². The second kappa shape index (κ2) is 6.53. The molecule has 0 aromatic heterocycles. The molecule has 0 radical (unpaired) electrons. The Labute approximate surface area is 124 Å². The van der Waals surface area contributed by atoms with Crippen LogP contribution in [0.15, 0.2) is 23.1 Å². The summed E-state index contributed by atoms with van der Waals surface area (Å²) in [7, 11) is -3.99. The van der Waals surface area contributed by atoms with Gasteiger partial charge in [0.2, 0.25) is 10.0 Å². The number of halogens is 1. The second-order valence-corrected chi connectivity index (χ2v) is 6.54. The molecule has 1 rings (SSSR count). The van der Waals surface area contributed by atoms with Gasteiger partial charge in [-0.2, -0.15) is 0 Å². The summed E-state index contributed by atoms with van der Waals surface area (Å²) in [5, 5.41) is 7.76. The highest BCUT2D eigenvalue weighted by Gasteiger charge is 2.27. The number of primary sulfonamides is 1. The van der Waals surface area contributed by atoms with Crippen LogP contribution in [0, 0.1) is 5.82 Å². The molecule has 5 nitrogen and oxygen atoms in total. The van der Waals surface area contributed by atoms with Crippen LogP contribution in [-0.4, -0.2) is 19.9 Å². The summed E-state index contributed by atoms with van der Waals surface area (Å²) in [5.74, 6) is -1.46. The molecule has 1 aromatic rings. The molecule has 0 aliphatic carbocycles. The molecule has 0 aliphatic heterocycles. The van der Waals surface area contributed by atoms with Gasteiger partial charge in [-0.1, -0.05) is 20.8 Å². The van der Waals surface area contributed by atoms with E-state index in [4.69, 9.17) is 5.14 Å². The van der Waals surface area contributed by atoms with Gasteiger partial charge < -0.3 is 5.32 Å². The number of nitrogens with one attached hydrogen (secondary N) is 1. The molecule has 0 fully saturated rings. The van der Waals surface area contributed by atoms with Crippen molar-refractivity contribution in [2.75, 3.05) is 0 Å². The standard InChI is InChI=1S/C14H21FN2O3S/c1-4-14(5-2,6-3)17-13(18)11-8-7-10(9-12(11)15)21(16,19)20/h7-9H,4-6H2,1-3H3,(H,17,18)(H2,16,19,20). The molecule has 0 saturated carbocycles. The Hall–Kier alpha value is -1.47. The summed E-state index contributed by atoms with van der Waals surface area (Å²) in [5.41, 5.74) is -0.579. The summed E-state index contributed by atoms with van der Waals surface area (Å²) < 4.78 is 36.2. The summed E-state index contributed by atoms with van der Waals surface area (Å²) in [6.45, 7) is 5.86. The first-order valence-electron chi connectivity index (χ1n) is 6.84. The molecular weight excluding hydrogens is 295 g/mol. The normalized spacial score (nSPS) is 12.2. The van der Waals surface area contributed by atoms with E-state index in [9.17, 15) is 17.6 Å². The van der Waals surface area contributed by atoms with E-state index in [2.05, 4.69) is 5.32 Å². The predicted molar refractivity (Wildman–Crippen MR) is 78.8 cm³/mol. The number of sulfonamides is 1. The molecule has 3 N–H and O–H groups in total. The Morgan fingerprint density at radius 1 is 1.24 bits per heavy atom. The van der Waals surface area contributed by atoms with Gasteiger partial charge in [0, 0.05) is 5.54 Å². The van der Waals surface area contributed by atoms with Crippen molar-refractivity contribution < 1.29 is 17.6 Å². The Bertz CT molecular complexity index is 617. The minimum absolute atomic E-state index is 0.192. The second-order valence-electron chi connectivity index (χ2n) is 4.98. The lowest BCUT2D eigenvalue weighted by Crippen LogP contribution is -2.47. The van der Waals surface area contributed by atoms with Crippen molar-refractivity contribution in [3.63, 3.8) is 0 Å². The minimum Gasteiger partial charge on any atom is -0.347 e. The molecule has 0 saturated heterocycles. The number of hydrogen-bond donors (Lipinski definition) is 2. The number of benzene rings is 1. The van der Waals surface area contributed by atoms with Crippen molar-refractivity contribution in [1.29, 1.82) is 0 Å². The largest absolute Gasteiger partial charge is 0.347 e. The maximum absolute atomic E-state index is 13.9. The van der Waals surface area contributed by atoms with E-state index in [0.717, 1.165) is 37.5 Å². The Morgan fingerprint density at radius 2 is 1.76 bits per heavy atom. The topological polar surface area (TPSA) is 89.3 Å².